The number of aromatic nitrogens is 1. The van der Waals surface area contributed by atoms with Crippen LogP contribution in [0.5, 0.6) is 0 Å². The maximum atomic E-state index is 11.1. The lowest BCUT2D eigenvalue weighted by Crippen LogP contribution is -2.01. The molecule has 2 atom stereocenters. The number of benzene rings is 1. The van der Waals surface area contributed by atoms with Gasteiger partial charge in [0.05, 0.1) is 14.6 Å². The van der Waals surface area contributed by atoms with Crippen LogP contribution in [0.2, 0.25) is 0 Å². The van der Waals surface area contributed by atoms with E-state index in [2.05, 4.69) is 52.9 Å². The van der Waals surface area contributed by atoms with Crippen molar-refractivity contribution in [3.8, 4) is 0 Å². The van der Waals surface area contributed by atoms with Crippen molar-refractivity contribution >= 4 is 53.5 Å². The quantitative estimate of drug-likeness (QED) is 0.350. The maximum absolute atomic E-state index is 11.1. The Bertz CT molecular complexity index is 627. The van der Waals surface area contributed by atoms with E-state index in [1.807, 2.05) is 24.3 Å². The molecule has 0 amide bonds. The van der Waals surface area contributed by atoms with E-state index in [4.69, 9.17) is 4.52 Å². The van der Waals surface area contributed by atoms with E-state index in [0.29, 0.717) is 0 Å². The second-order valence-electron chi connectivity index (χ2n) is 4.09. The van der Waals surface area contributed by atoms with Gasteiger partial charge in [-0.25, -0.2) is 0 Å². The van der Waals surface area contributed by atoms with E-state index in [1.165, 1.54) is 0 Å². The number of hydrogen-bond acceptors (Lipinski definition) is 4. The molecule has 8 heteroatoms. The molecule has 1 aromatic carbocycles. The summed E-state index contributed by atoms with van der Waals surface area (Å²) in [5, 5.41) is 14.7. The predicted molar refractivity (Wildman–Crippen MR) is 85.4 cm³/mol. The molecule has 0 unspecified atom stereocenters. The average molecular weight is 469 g/mol. The normalized spacial score (nSPS) is 14.0. The minimum atomic E-state index is -0.475. The Kier molecular flexibility index (Phi) is 4.98. The van der Waals surface area contributed by atoms with E-state index < -0.39 is 9.75 Å². The molecular weight excluding hydrogens is 460 g/mol. The van der Waals surface area contributed by atoms with Crippen molar-refractivity contribution in [2.75, 3.05) is 0 Å². The number of hydrogen-bond donors (Lipinski definition) is 0. The molecule has 20 heavy (non-hydrogen) atoms. The first-order valence-electron chi connectivity index (χ1n) is 5.56. The van der Waals surface area contributed by atoms with Crippen molar-refractivity contribution < 1.29 is 9.45 Å². The van der Waals surface area contributed by atoms with Crippen molar-refractivity contribution in [3.63, 3.8) is 0 Å². The van der Waals surface area contributed by atoms with Gasteiger partial charge in [-0.05, 0) is 24.6 Å². The third kappa shape index (κ3) is 3.12. The fourth-order valence-electron chi connectivity index (χ4n) is 1.73. The van der Waals surface area contributed by atoms with E-state index in [9.17, 15) is 10.1 Å². The summed E-state index contributed by atoms with van der Waals surface area (Å²) < 4.78 is 6.07. The molecule has 1 heterocycles. The molecule has 0 N–H and O–H groups in total. The van der Waals surface area contributed by atoms with Gasteiger partial charge in [0.2, 0.25) is 5.76 Å². The van der Waals surface area contributed by atoms with Gasteiger partial charge in [0.15, 0.2) is 5.69 Å². The molecule has 2 rings (SSSR count). The molecule has 0 bridgehead atoms. The zero-order valence-electron chi connectivity index (χ0n) is 10.2. The van der Waals surface area contributed by atoms with Crippen LogP contribution >= 0.6 is 47.8 Å². The zero-order chi connectivity index (χ0) is 14.9. The smallest absolute Gasteiger partial charge is 0.335 e. The Hall–Kier alpha value is -0.730. The van der Waals surface area contributed by atoms with Crippen molar-refractivity contribution in [1.82, 2.24) is 5.16 Å². The van der Waals surface area contributed by atoms with Crippen molar-refractivity contribution in [1.29, 1.82) is 0 Å². The van der Waals surface area contributed by atoms with Gasteiger partial charge < -0.3 is 4.52 Å². The van der Waals surface area contributed by atoms with Gasteiger partial charge >= 0.3 is 5.69 Å². The Balaban J connectivity index is 2.33. The summed E-state index contributed by atoms with van der Waals surface area (Å²) in [5.41, 5.74) is 1.15. The van der Waals surface area contributed by atoms with E-state index in [1.54, 1.807) is 6.92 Å². The molecule has 0 saturated carbocycles. The lowest BCUT2D eigenvalue weighted by molar-refractivity contribution is -0.386. The number of aryl methyl sites for hydroxylation is 1. The second-order valence-corrected chi connectivity index (χ2v) is 6.98. The SMILES string of the molecule is Cc1noc([C@@H](Br)[C@@H](Br)c2ccc(Br)cc2)c1[N+](=O)[O-]. The van der Waals surface area contributed by atoms with Crippen molar-refractivity contribution in [2.45, 2.75) is 16.6 Å². The summed E-state index contributed by atoms with van der Waals surface area (Å²) in [4.78, 5) is 10.0. The third-order valence-electron chi connectivity index (χ3n) is 2.74. The van der Waals surface area contributed by atoms with Crippen LogP contribution in [0.4, 0.5) is 5.69 Å². The van der Waals surface area contributed by atoms with Crippen molar-refractivity contribution in [3.05, 3.63) is 55.9 Å². The lowest BCUT2D eigenvalue weighted by atomic mass is 10.1. The first kappa shape index (κ1) is 15.7. The zero-order valence-corrected chi connectivity index (χ0v) is 15.0. The molecule has 5 nitrogen and oxygen atoms in total. The number of rotatable bonds is 4. The van der Waals surface area contributed by atoms with Crippen LogP contribution in [-0.4, -0.2) is 10.1 Å². The number of nitrogens with zero attached hydrogens (tertiary/aromatic N) is 2. The topological polar surface area (TPSA) is 69.2 Å². The maximum Gasteiger partial charge on any atom is 0.335 e. The van der Waals surface area contributed by atoms with Gasteiger partial charge in [0, 0.05) is 4.47 Å². The second kappa shape index (κ2) is 6.36. The van der Waals surface area contributed by atoms with Gasteiger partial charge in [-0.3, -0.25) is 10.1 Å². The Morgan fingerprint density at radius 3 is 2.40 bits per heavy atom. The van der Waals surface area contributed by atoms with Crippen molar-refractivity contribution in [2.24, 2.45) is 0 Å². The number of alkyl halides is 2. The van der Waals surface area contributed by atoms with Gasteiger partial charge in [-0.2, -0.15) is 0 Å². The highest BCUT2D eigenvalue weighted by molar-refractivity contribution is 9.12. The minimum Gasteiger partial charge on any atom is -0.352 e. The van der Waals surface area contributed by atoms with Gasteiger partial charge in [-0.15, -0.1) is 0 Å². The molecule has 2 aromatic rings. The largest absolute Gasteiger partial charge is 0.352 e. The molecule has 0 aliphatic heterocycles. The molecule has 0 saturated heterocycles. The van der Waals surface area contributed by atoms with Gasteiger partial charge in [0.1, 0.15) is 0 Å². The highest BCUT2D eigenvalue weighted by atomic mass is 79.9. The van der Waals surface area contributed by atoms with Crippen LogP contribution in [0.15, 0.2) is 33.3 Å². The van der Waals surface area contributed by atoms with Crippen LogP contribution in [0, 0.1) is 17.0 Å². The standard InChI is InChI=1S/C12H9Br3N2O3/c1-6-11(17(18)19)12(20-16-6)10(15)9(14)7-2-4-8(13)5-3-7/h2-5,9-10H,1H3/t9-,10-/m0/s1. The summed E-state index contributed by atoms with van der Waals surface area (Å²) in [7, 11) is 0. The fourth-order valence-corrected chi connectivity index (χ4v) is 3.15. The van der Waals surface area contributed by atoms with Crippen LogP contribution in [0.3, 0.4) is 0 Å². The summed E-state index contributed by atoms with van der Waals surface area (Å²) in [6, 6.07) is 7.66. The van der Waals surface area contributed by atoms with Gasteiger partial charge in [0.25, 0.3) is 0 Å². The first-order valence-corrected chi connectivity index (χ1v) is 8.18. The molecule has 0 radical (unpaired) electrons. The summed E-state index contributed by atoms with van der Waals surface area (Å²) >= 11 is 10.3. The average Bonchev–Trinajstić information content (AvgIpc) is 2.80. The highest BCUT2D eigenvalue weighted by Gasteiger charge is 2.33. The van der Waals surface area contributed by atoms with Gasteiger partial charge in [-0.1, -0.05) is 65.1 Å². The summed E-state index contributed by atoms with van der Waals surface area (Å²) in [6.07, 6.45) is 0. The lowest BCUT2D eigenvalue weighted by Gasteiger charge is -2.14. The molecule has 0 aliphatic rings. The molecular formula is C12H9Br3N2O3. The van der Waals surface area contributed by atoms with E-state index >= 15 is 0 Å². The number of nitro groups is 1. The first-order chi connectivity index (χ1) is 9.41. The molecule has 0 spiro atoms. The number of halogens is 3. The Morgan fingerprint density at radius 2 is 1.85 bits per heavy atom. The van der Waals surface area contributed by atoms with E-state index in [0.717, 1.165) is 10.0 Å². The Labute approximate surface area is 140 Å². The minimum absolute atomic E-state index is 0.0894. The van der Waals surface area contributed by atoms with Crippen LogP contribution in [0.1, 0.15) is 26.7 Å². The molecule has 0 aliphatic carbocycles. The predicted octanol–water partition coefficient (Wildman–Crippen LogP) is 5.23. The van der Waals surface area contributed by atoms with E-state index in [-0.39, 0.29) is 22.0 Å². The third-order valence-corrected chi connectivity index (χ3v) is 5.98. The molecule has 106 valence electrons. The van der Waals surface area contributed by atoms with Crippen LogP contribution in [-0.2, 0) is 0 Å². The van der Waals surface area contributed by atoms with Crippen LogP contribution < -0.4 is 0 Å². The summed E-state index contributed by atoms with van der Waals surface area (Å²) in [6.45, 7) is 1.55. The monoisotopic (exact) mass is 466 g/mol. The highest BCUT2D eigenvalue weighted by Crippen LogP contribution is 2.46. The Morgan fingerprint density at radius 1 is 1.25 bits per heavy atom. The molecule has 1 aromatic heterocycles. The summed E-state index contributed by atoms with van der Waals surface area (Å²) in [5.74, 6) is 0.206. The molecule has 0 fully saturated rings. The fraction of sp³-hybridized carbons (Fsp3) is 0.250. The van der Waals surface area contributed by atoms with Crippen LogP contribution in [0.25, 0.3) is 0 Å².